The molecular formula is C18H11IrN4S-. The van der Waals surface area contributed by atoms with Crippen molar-refractivity contribution in [3.8, 4) is 23.1 Å². The third kappa shape index (κ3) is 2.67. The maximum Gasteiger partial charge on any atom is 0.101 e. The van der Waals surface area contributed by atoms with Gasteiger partial charge in [-0.15, -0.1) is 29.5 Å². The minimum Gasteiger partial charge on any atom is -0.339 e. The fourth-order valence-electron chi connectivity index (χ4n) is 2.64. The maximum absolute atomic E-state index is 9.35. The smallest absolute Gasteiger partial charge is 0.101 e. The van der Waals surface area contributed by atoms with Gasteiger partial charge in [-0.1, -0.05) is 17.7 Å². The molecule has 6 heteroatoms. The van der Waals surface area contributed by atoms with Gasteiger partial charge in [0.15, 0.2) is 0 Å². The molecule has 1 radical (unpaired) electrons. The van der Waals surface area contributed by atoms with Crippen LogP contribution in [0.5, 0.6) is 0 Å². The van der Waals surface area contributed by atoms with E-state index in [2.05, 4.69) is 22.1 Å². The summed E-state index contributed by atoms with van der Waals surface area (Å²) in [5, 5.41) is 10.4. The zero-order chi connectivity index (χ0) is 15.8. The van der Waals surface area contributed by atoms with Crippen molar-refractivity contribution in [3.63, 3.8) is 0 Å². The molecule has 4 rings (SSSR count). The Kier molecular flexibility index (Phi) is 4.59. The number of rotatable bonds is 2. The molecule has 4 aromatic rings. The van der Waals surface area contributed by atoms with Gasteiger partial charge in [0.2, 0.25) is 0 Å². The zero-order valence-electron chi connectivity index (χ0n) is 12.6. The van der Waals surface area contributed by atoms with Crippen molar-refractivity contribution in [3.05, 3.63) is 65.4 Å². The standard InChI is InChI=1S/C18H11N4S.Ir/c1-12-21-17-14(6-4-8-16(17)23-12)18-20-9-10-22(18)15-7-3-2-5-13(15)11-19;/h2-5,7-10H,1H3;/q-1;. The number of benzene rings is 2. The SMILES string of the molecule is Cc1nc2c(-c3nccn3-c3ccccc3C#N)[c-]ccc2s1.[Ir]. The molecule has 0 N–H and O–H groups in total. The molecule has 4 nitrogen and oxygen atoms in total. The normalized spacial score (nSPS) is 10.3. The number of aromatic nitrogens is 3. The van der Waals surface area contributed by atoms with Gasteiger partial charge >= 0.3 is 0 Å². The summed E-state index contributed by atoms with van der Waals surface area (Å²) >= 11 is 1.65. The number of hydrogen-bond donors (Lipinski definition) is 0. The van der Waals surface area contributed by atoms with E-state index >= 15 is 0 Å². The van der Waals surface area contributed by atoms with Crippen LogP contribution in [0, 0.1) is 24.3 Å². The molecule has 0 amide bonds. The molecule has 0 atom stereocenters. The van der Waals surface area contributed by atoms with Gasteiger partial charge in [-0.05, 0) is 23.8 Å². The van der Waals surface area contributed by atoms with E-state index in [0.29, 0.717) is 5.56 Å². The first-order chi connectivity index (χ1) is 11.3. The largest absolute Gasteiger partial charge is 0.339 e. The van der Waals surface area contributed by atoms with Gasteiger partial charge in [0.1, 0.15) is 6.07 Å². The topological polar surface area (TPSA) is 54.5 Å². The average molecular weight is 508 g/mol. The molecule has 0 aliphatic heterocycles. The first kappa shape index (κ1) is 16.5. The summed E-state index contributed by atoms with van der Waals surface area (Å²) in [5.41, 5.74) is 3.16. The Balaban J connectivity index is 0.00000169. The van der Waals surface area contributed by atoms with Crippen LogP contribution in [0.2, 0.25) is 0 Å². The Morgan fingerprint density at radius 3 is 2.92 bits per heavy atom. The molecule has 0 saturated heterocycles. The van der Waals surface area contributed by atoms with Crippen LogP contribution in [-0.4, -0.2) is 14.5 Å². The van der Waals surface area contributed by atoms with E-state index in [0.717, 1.165) is 32.3 Å². The van der Waals surface area contributed by atoms with Crippen LogP contribution in [0.4, 0.5) is 0 Å². The van der Waals surface area contributed by atoms with Gasteiger partial charge in [0, 0.05) is 38.0 Å². The number of hydrogen-bond acceptors (Lipinski definition) is 4. The fraction of sp³-hybridized carbons (Fsp3) is 0.0556. The van der Waals surface area contributed by atoms with Crippen LogP contribution in [0.1, 0.15) is 10.6 Å². The maximum atomic E-state index is 9.35. The van der Waals surface area contributed by atoms with E-state index in [4.69, 9.17) is 0 Å². The molecule has 0 aliphatic carbocycles. The first-order valence-electron chi connectivity index (χ1n) is 7.09. The Labute approximate surface area is 156 Å². The molecular weight excluding hydrogens is 497 g/mol. The number of aryl methyl sites for hydroxylation is 1. The molecule has 0 unspecified atom stereocenters. The van der Waals surface area contributed by atoms with Crippen molar-refractivity contribution in [1.29, 1.82) is 5.26 Å². The second-order valence-electron chi connectivity index (χ2n) is 5.05. The van der Waals surface area contributed by atoms with Crippen molar-refractivity contribution in [2.75, 3.05) is 0 Å². The summed E-state index contributed by atoms with van der Waals surface area (Å²) in [6.45, 7) is 1.99. The quantitative estimate of drug-likeness (QED) is 0.384. The van der Waals surface area contributed by atoms with Crippen LogP contribution in [0.3, 0.4) is 0 Å². The van der Waals surface area contributed by atoms with E-state index in [1.54, 1.807) is 23.6 Å². The second kappa shape index (κ2) is 6.66. The second-order valence-corrected chi connectivity index (χ2v) is 6.28. The van der Waals surface area contributed by atoms with Gasteiger partial charge < -0.3 is 4.57 Å². The van der Waals surface area contributed by atoms with E-state index < -0.39 is 0 Å². The number of thiazole rings is 1. The minimum atomic E-state index is 0. The van der Waals surface area contributed by atoms with Gasteiger partial charge in [0.25, 0.3) is 0 Å². The summed E-state index contributed by atoms with van der Waals surface area (Å²) in [6.07, 6.45) is 3.59. The average Bonchev–Trinajstić information content (AvgIpc) is 3.19. The van der Waals surface area contributed by atoms with Crippen LogP contribution in [0.25, 0.3) is 27.3 Å². The Hall–Kier alpha value is -2.32. The molecule has 119 valence electrons. The number of para-hydroxylation sites is 1. The van der Waals surface area contributed by atoms with Crippen LogP contribution >= 0.6 is 11.3 Å². The van der Waals surface area contributed by atoms with Crippen LogP contribution in [-0.2, 0) is 20.1 Å². The summed E-state index contributed by atoms with van der Waals surface area (Å²) in [7, 11) is 0. The third-order valence-electron chi connectivity index (χ3n) is 3.61. The van der Waals surface area contributed by atoms with Crippen molar-refractivity contribution in [2.45, 2.75) is 6.92 Å². The molecule has 24 heavy (non-hydrogen) atoms. The van der Waals surface area contributed by atoms with Crippen molar-refractivity contribution in [1.82, 2.24) is 14.5 Å². The molecule has 0 saturated carbocycles. The number of nitriles is 1. The molecule has 2 aromatic carbocycles. The Morgan fingerprint density at radius 1 is 1.25 bits per heavy atom. The van der Waals surface area contributed by atoms with Gasteiger partial charge in [-0.25, -0.2) is 0 Å². The molecule has 0 spiro atoms. The van der Waals surface area contributed by atoms with Crippen molar-refractivity contribution >= 4 is 21.6 Å². The summed E-state index contributed by atoms with van der Waals surface area (Å²) < 4.78 is 3.03. The predicted molar refractivity (Wildman–Crippen MR) is 90.5 cm³/mol. The van der Waals surface area contributed by atoms with E-state index in [1.807, 2.05) is 48.0 Å². The van der Waals surface area contributed by atoms with Crippen molar-refractivity contribution in [2.24, 2.45) is 0 Å². The predicted octanol–water partition coefficient (Wildman–Crippen LogP) is 4.13. The monoisotopic (exact) mass is 508 g/mol. The minimum absolute atomic E-state index is 0. The van der Waals surface area contributed by atoms with Gasteiger partial charge in [0.05, 0.1) is 22.1 Å². The van der Waals surface area contributed by atoms with Crippen LogP contribution < -0.4 is 0 Å². The summed E-state index contributed by atoms with van der Waals surface area (Å²) in [6, 6.07) is 16.9. The molecule has 0 bridgehead atoms. The van der Waals surface area contributed by atoms with Crippen LogP contribution in [0.15, 0.2) is 48.8 Å². The molecule has 0 fully saturated rings. The summed E-state index contributed by atoms with van der Waals surface area (Å²) in [5.74, 6) is 0.739. The first-order valence-corrected chi connectivity index (χ1v) is 7.90. The summed E-state index contributed by atoms with van der Waals surface area (Å²) in [4.78, 5) is 9.10. The van der Waals surface area contributed by atoms with Gasteiger partial charge in [-0.2, -0.15) is 5.26 Å². The van der Waals surface area contributed by atoms with Gasteiger partial charge in [-0.3, -0.25) is 9.97 Å². The number of imidazole rings is 1. The zero-order valence-corrected chi connectivity index (χ0v) is 15.9. The Morgan fingerprint density at radius 2 is 2.08 bits per heavy atom. The molecule has 0 aliphatic rings. The fourth-order valence-corrected chi connectivity index (χ4v) is 3.47. The van der Waals surface area contributed by atoms with E-state index in [1.165, 1.54) is 0 Å². The van der Waals surface area contributed by atoms with E-state index in [9.17, 15) is 5.26 Å². The molecule has 2 aromatic heterocycles. The van der Waals surface area contributed by atoms with Crippen molar-refractivity contribution < 1.29 is 20.1 Å². The third-order valence-corrected chi connectivity index (χ3v) is 4.54. The Bertz CT molecular complexity index is 1060. The van der Waals surface area contributed by atoms with E-state index in [-0.39, 0.29) is 20.1 Å². The molecule has 2 heterocycles. The number of nitrogens with zero attached hydrogens (tertiary/aromatic N) is 4. The number of fused-ring (bicyclic) bond motifs is 1.